The monoisotopic (exact) mass is 538 g/mol. The number of phenolic OH excluding ortho intramolecular Hbond substituents is 2. The Bertz CT molecular complexity index is 1370. The zero-order valence-corrected chi connectivity index (χ0v) is 23.0. The summed E-state index contributed by atoms with van der Waals surface area (Å²) in [7, 11) is 7.94. The molecule has 0 aliphatic carbocycles. The van der Waals surface area contributed by atoms with Crippen molar-refractivity contribution in [3.05, 3.63) is 52.1 Å². The van der Waals surface area contributed by atoms with E-state index < -0.39 is 6.10 Å². The van der Waals surface area contributed by atoms with Crippen molar-refractivity contribution >= 4 is 0 Å². The Morgan fingerprint density at radius 3 is 2.03 bits per heavy atom. The SMILES string of the molecule is COc1cc(C2OCCc3c(-c4cc(O)c(O)c5c4C[C@H](C)OC5)c(OC)cc(OC)c32)cc(OC)c1OC. The predicted octanol–water partition coefficient (Wildman–Crippen LogP) is 4.93. The predicted molar refractivity (Wildman–Crippen MR) is 144 cm³/mol. The van der Waals surface area contributed by atoms with Gasteiger partial charge in [0.05, 0.1) is 54.9 Å². The van der Waals surface area contributed by atoms with E-state index in [1.54, 1.807) is 41.6 Å². The zero-order valence-electron chi connectivity index (χ0n) is 23.0. The molecule has 1 unspecified atom stereocenters. The van der Waals surface area contributed by atoms with Gasteiger partial charge in [0.2, 0.25) is 5.75 Å². The van der Waals surface area contributed by atoms with E-state index in [-0.39, 0.29) is 24.2 Å². The Morgan fingerprint density at radius 1 is 0.744 bits per heavy atom. The molecule has 5 rings (SSSR count). The number of hydrogen-bond acceptors (Lipinski definition) is 9. The van der Waals surface area contributed by atoms with Gasteiger partial charge in [-0.2, -0.15) is 0 Å². The van der Waals surface area contributed by atoms with Crippen LogP contribution in [0.15, 0.2) is 24.3 Å². The van der Waals surface area contributed by atoms with Crippen LogP contribution < -0.4 is 23.7 Å². The van der Waals surface area contributed by atoms with Crippen molar-refractivity contribution in [3.8, 4) is 51.4 Å². The lowest BCUT2D eigenvalue weighted by atomic mass is 9.82. The molecule has 9 nitrogen and oxygen atoms in total. The topological polar surface area (TPSA) is 105 Å². The minimum absolute atomic E-state index is 0.0458. The Kier molecular flexibility index (Phi) is 7.38. The number of benzene rings is 3. The van der Waals surface area contributed by atoms with E-state index >= 15 is 0 Å². The Labute approximate surface area is 227 Å². The highest BCUT2D eigenvalue weighted by molar-refractivity contribution is 5.83. The second kappa shape index (κ2) is 10.7. The molecular weight excluding hydrogens is 504 g/mol. The largest absolute Gasteiger partial charge is 0.504 e. The van der Waals surface area contributed by atoms with Gasteiger partial charge in [-0.1, -0.05) is 0 Å². The summed E-state index contributed by atoms with van der Waals surface area (Å²) in [4.78, 5) is 0. The first-order valence-corrected chi connectivity index (χ1v) is 12.7. The summed E-state index contributed by atoms with van der Waals surface area (Å²) in [5.41, 5.74) is 5.75. The normalized spacial score (nSPS) is 18.1. The Balaban J connectivity index is 1.79. The van der Waals surface area contributed by atoms with Crippen molar-refractivity contribution in [2.75, 3.05) is 42.2 Å². The van der Waals surface area contributed by atoms with Gasteiger partial charge in [-0.25, -0.2) is 0 Å². The van der Waals surface area contributed by atoms with Crippen molar-refractivity contribution in [1.29, 1.82) is 0 Å². The highest BCUT2D eigenvalue weighted by atomic mass is 16.5. The van der Waals surface area contributed by atoms with Crippen molar-refractivity contribution in [2.45, 2.75) is 38.6 Å². The number of hydrogen-bond donors (Lipinski definition) is 2. The van der Waals surface area contributed by atoms with E-state index in [4.69, 9.17) is 33.2 Å². The van der Waals surface area contributed by atoms with Crippen molar-refractivity contribution in [3.63, 3.8) is 0 Å². The van der Waals surface area contributed by atoms with E-state index in [1.807, 2.05) is 25.1 Å². The molecule has 39 heavy (non-hydrogen) atoms. The fraction of sp³-hybridized carbons (Fsp3) is 0.400. The van der Waals surface area contributed by atoms with Crippen molar-refractivity contribution in [2.24, 2.45) is 0 Å². The molecule has 0 bridgehead atoms. The molecule has 0 saturated heterocycles. The molecule has 0 fully saturated rings. The number of phenols is 2. The summed E-state index contributed by atoms with van der Waals surface area (Å²) in [5.74, 6) is 2.37. The summed E-state index contributed by atoms with van der Waals surface area (Å²) in [6.45, 7) is 2.64. The molecule has 9 heteroatoms. The first-order chi connectivity index (χ1) is 18.9. The molecule has 3 aromatic rings. The van der Waals surface area contributed by atoms with Crippen LogP contribution in [0.2, 0.25) is 0 Å². The fourth-order valence-electron chi connectivity index (χ4n) is 5.69. The highest BCUT2D eigenvalue weighted by Crippen LogP contribution is 2.52. The molecule has 0 spiro atoms. The van der Waals surface area contributed by atoms with Crippen molar-refractivity contribution < 1.29 is 43.4 Å². The molecular formula is C30H34O9. The van der Waals surface area contributed by atoms with Crippen LogP contribution in [0.5, 0.6) is 40.2 Å². The van der Waals surface area contributed by atoms with Gasteiger partial charge in [0.15, 0.2) is 23.0 Å². The van der Waals surface area contributed by atoms with Crippen LogP contribution in [-0.4, -0.2) is 58.5 Å². The summed E-state index contributed by atoms with van der Waals surface area (Å²) in [5, 5.41) is 21.4. The molecule has 208 valence electrons. The average molecular weight is 539 g/mol. The van der Waals surface area contributed by atoms with Crippen LogP contribution in [0.4, 0.5) is 0 Å². The molecule has 0 radical (unpaired) electrons. The molecule has 2 aliphatic rings. The molecule has 0 amide bonds. The Hall–Kier alpha value is -3.82. The maximum absolute atomic E-state index is 10.7. The lowest BCUT2D eigenvalue weighted by Crippen LogP contribution is -2.22. The van der Waals surface area contributed by atoms with Crippen LogP contribution in [0, 0.1) is 0 Å². The number of fused-ring (bicyclic) bond motifs is 2. The second-order valence-electron chi connectivity index (χ2n) is 9.58. The quantitative estimate of drug-likeness (QED) is 0.405. The minimum Gasteiger partial charge on any atom is -0.504 e. The molecule has 3 aromatic carbocycles. The summed E-state index contributed by atoms with van der Waals surface area (Å²) < 4.78 is 40.6. The van der Waals surface area contributed by atoms with E-state index in [1.165, 1.54) is 0 Å². The van der Waals surface area contributed by atoms with Crippen LogP contribution in [-0.2, 0) is 28.9 Å². The minimum atomic E-state index is -0.508. The van der Waals surface area contributed by atoms with Crippen LogP contribution >= 0.6 is 0 Å². The van der Waals surface area contributed by atoms with Crippen LogP contribution in [0.25, 0.3) is 11.1 Å². The van der Waals surface area contributed by atoms with E-state index in [0.717, 1.165) is 33.4 Å². The van der Waals surface area contributed by atoms with E-state index in [2.05, 4.69) is 0 Å². The van der Waals surface area contributed by atoms with Gasteiger partial charge in [0.25, 0.3) is 0 Å². The molecule has 0 aromatic heterocycles. The number of ether oxygens (including phenoxy) is 7. The first-order valence-electron chi connectivity index (χ1n) is 12.7. The second-order valence-corrected chi connectivity index (χ2v) is 9.58. The highest BCUT2D eigenvalue weighted by Gasteiger charge is 2.34. The number of aromatic hydroxyl groups is 2. The third-order valence-electron chi connectivity index (χ3n) is 7.50. The Morgan fingerprint density at radius 2 is 1.41 bits per heavy atom. The van der Waals surface area contributed by atoms with Gasteiger partial charge in [0.1, 0.15) is 17.6 Å². The van der Waals surface area contributed by atoms with Crippen LogP contribution in [0.3, 0.4) is 0 Å². The third kappa shape index (κ3) is 4.45. The summed E-state index contributed by atoms with van der Waals surface area (Å²) in [6, 6.07) is 7.20. The van der Waals surface area contributed by atoms with E-state index in [0.29, 0.717) is 53.8 Å². The van der Waals surface area contributed by atoms with E-state index in [9.17, 15) is 10.2 Å². The van der Waals surface area contributed by atoms with Gasteiger partial charge in [0, 0.05) is 22.8 Å². The third-order valence-corrected chi connectivity index (χ3v) is 7.50. The smallest absolute Gasteiger partial charge is 0.203 e. The fourth-order valence-corrected chi connectivity index (χ4v) is 5.69. The molecule has 2 atom stereocenters. The lowest BCUT2D eigenvalue weighted by molar-refractivity contribution is 0.0396. The molecule has 2 N–H and O–H groups in total. The zero-order chi connectivity index (χ0) is 27.8. The van der Waals surface area contributed by atoms with Gasteiger partial charge in [-0.15, -0.1) is 0 Å². The average Bonchev–Trinajstić information content (AvgIpc) is 2.96. The number of rotatable bonds is 7. The first kappa shape index (κ1) is 26.8. The number of methoxy groups -OCH3 is 5. The maximum atomic E-state index is 10.7. The van der Waals surface area contributed by atoms with Crippen molar-refractivity contribution in [1.82, 2.24) is 0 Å². The maximum Gasteiger partial charge on any atom is 0.203 e. The molecule has 0 saturated carbocycles. The summed E-state index contributed by atoms with van der Waals surface area (Å²) >= 11 is 0. The van der Waals surface area contributed by atoms with Gasteiger partial charge in [-0.05, 0) is 60.2 Å². The van der Waals surface area contributed by atoms with Gasteiger partial charge < -0.3 is 43.4 Å². The standard InChI is InChI=1S/C30H34O9/c1-15-9-18-19(12-21(31)28(32)20(18)14-39-15)26-17-7-8-38-29(27(17)23(34-3)13-22(26)33-2)16-10-24(35-4)30(37-6)25(11-16)36-5/h10-13,15,29,31-32H,7-9,14H2,1-6H3/t15-,29?/m0/s1. The summed E-state index contributed by atoms with van der Waals surface area (Å²) in [6.07, 6.45) is 0.609. The van der Waals surface area contributed by atoms with Gasteiger partial charge >= 0.3 is 0 Å². The molecule has 2 heterocycles. The molecule has 2 aliphatic heterocycles. The van der Waals surface area contributed by atoms with Crippen LogP contribution in [0.1, 0.15) is 40.8 Å². The lowest BCUT2D eigenvalue weighted by Gasteiger charge is -2.33. The van der Waals surface area contributed by atoms with Gasteiger partial charge in [-0.3, -0.25) is 0 Å².